The Kier molecular flexibility index (Phi) is 8.39. The van der Waals surface area contributed by atoms with Gasteiger partial charge in [0.25, 0.3) is 5.91 Å². The standard InChI is InChI=1S/C34H31ClF3N3O3S/c1-20(2)25-16-40-30(32(31(25)42)44-17-22-10-5-4-6-11-22)33(43)39(21(3)34(36,37)38)19-41(40)29-24-13-7-8-15-27(24)45-18-23-12-9-14-26(35)28(23)29/h4-16,20-21,29H,17-19H2,1-3H3/t21-,29-/m1/s1. The van der Waals surface area contributed by atoms with E-state index < -0.39 is 36.3 Å². The van der Waals surface area contributed by atoms with E-state index in [1.54, 1.807) is 29.0 Å². The van der Waals surface area contributed by atoms with Gasteiger partial charge < -0.3 is 9.64 Å². The van der Waals surface area contributed by atoms with E-state index in [-0.39, 0.29) is 24.0 Å². The van der Waals surface area contributed by atoms with Gasteiger partial charge in [-0.15, -0.1) is 11.8 Å². The Balaban J connectivity index is 1.64. The number of benzene rings is 3. The van der Waals surface area contributed by atoms with Crippen LogP contribution in [0.15, 0.2) is 88.7 Å². The highest BCUT2D eigenvalue weighted by Crippen LogP contribution is 2.46. The summed E-state index contributed by atoms with van der Waals surface area (Å²) in [6, 6.07) is 19.5. The molecule has 11 heteroatoms. The van der Waals surface area contributed by atoms with Gasteiger partial charge in [0.05, 0.1) is 0 Å². The lowest BCUT2D eigenvalue weighted by atomic mass is 9.94. The molecule has 2 atom stereocenters. The number of fused-ring (bicyclic) bond motifs is 3. The van der Waals surface area contributed by atoms with Gasteiger partial charge in [-0.2, -0.15) is 13.2 Å². The third-order valence-electron chi connectivity index (χ3n) is 8.31. The predicted octanol–water partition coefficient (Wildman–Crippen LogP) is 7.90. The second-order valence-electron chi connectivity index (χ2n) is 11.5. The number of alkyl halides is 3. The molecule has 3 heterocycles. The Bertz CT molecular complexity index is 1810. The van der Waals surface area contributed by atoms with Crippen LogP contribution in [0.1, 0.15) is 71.0 Å². The fraction of sp³-hybridized carbons (Fsp3) is 0.294. The van der Waals surface area contributed by atoms with Gasteiger partial charge in [-0.25, -0.2) is 0 Å². The Hall–Kier alpha value is -3.89. The molecule has 0 unspecified atom stereocenters. The Labute approximate surface area is 268 Å². The van der Waals surface area contributed by atoms with Gasteiger partial charge in [0.15, 0.2) is 11.4 Å². The largest absolute Gasteiger partial charge is 0.482 e. The number of aromatic nitrogens is 1. The lowest BCUT2D eigenvalue weighted by molar-refractivity contribution is -0.173. The molecule has 0 saturated carbocycles. The smallest absolute Gasteiger partial charge is 0.408 e. The van der Waals surface area contributed by atoms with E-state index in [1.807, 2.05) is 80.6 Å². The molecule has 2 aliphatic heterocycles. The number of pyridine rings is 1. The highest BCUT2D eigenvalue weighted by atomic mass is 35.5. The van der Waals surface area contributed by atoms with Crippen LogP contribution in [-0.2, 0) is 12.4 Å². The number of thioether (sulfide) groups is 1. The Morgan fingerprint density at radius 3 is 2.40 bits per heavy atom. The lowest BCUT2D eigenvalue weighted by Gasteiger charge is -2.46. The molecule has 1 amide bonds. The van der Waals surface area contributed by atoms with E-state index >= 15 is 0 Å². The van der Waals surface area contributed by atoms with Gasteiger partial charge in [-0.05, 0) is 41.7 Å². The van der Waals surface area contributed by atoms with Gasteiger partial charge in [0, 0.05) is 33.0 Å². The molecule has 4 aromatic rings. The van der Waals surface area contributed by atoms with Crippen LogP contribution in [0.3, 0.4) is 0 Å². The van der Waals surface area contributed by atoms with Crippen molar-refractivity contribution in [1.82, 2.24) is 9.58 Å². The number of amides is 1. The third kappa shape index (κ3) is 5.70. The summed E-state index contributed by atoms with van der Waals surface area (Å²) in [5.41, 5.74) is 2.80. The summed E-state index contributed by atoms with van der Waals surface area (Å²) in [7, 11) is 0. The highest BCUT2D eigenvalue weighted by molar-refractivity contribution is 7.98. The number of ether oxygens (including phenoxy) is 1. The van der Waals surface area contributed by atoms with Crippen molar-refractivity contribution in [3.63, 3.8) is 0 Å². The molecule has 0 bridgehead atoms. The van der Waals surface area contributed by atoms with Crippen LogP contribution >= 0.6 is 23.4 Å². The molecule has 234 valence electrons. The van der Waals surface area contributed by atoms with Gasteiger partial charge in [-0.3, -0.25) is 19.3 Å². The van der Waals surface area contributed by atoms with Crippen LogP contribution in [-0.4, -0.2) is 34.4 Å². The van der Waals surface area contributed by atoms with Crippen molar-refractivity contribution < 1.29 is 22.7 Å². The van der Waals surface area contributed by atoms with E-state index in [0.29, 0.717) is 16.3 Å². The zero-order chi connectivity index (χ0) is 32.0. The number of carbonyl (C=O) groups excluding carboxylic acids is 1. The van der Waals surface area contributed by atoms with Gasteiger partial charge in [-0.1, -0.05) is 86.1 Å². The molecule has 0 radical (unpaired) electrons. The number of halogens is 4. The fourth-order valence-corrected chi connectivity index (χ4v) is 7.23. The molecule has 0 saturated heterocycles. The fourth-order valence-electron chi connectivity index (χ4n) is 5.85. The van der Waals surface area contributed by atoms with Crippen molar-refractivity contribution in [3.05, 3.63) is 128 Å². The van der Waals surface area contributed by atoms with Crippen LogP contribution in [0.25, 0.3) is 0 Å². The minimum Gasteiger partial charge on any atom is -0.482 e. The molecule has 1 aromatic heterocycles. The van der Waals surface area contributed by atoms with Crippen LogP contribution in [0.2, 0.25) is 5.02 Å². The van der Waals surface area contributed by atoms with Crippen molar-refractivity contribution in [1.29, 1.82) is 0 Å². The SMILES string of the molecule is CC(C)c1cn2c(c(OCc3ccccc3)c1=O)C(=O)N([C@H](C)C(F)(F)F)CN2[C@@H]1c2ccccc2SCc2cccc(Cl)c21. The first-order valence-electron chi connectivity index (χ1n) is 14.6. The van der Waals surface area contributed by atoms with Crippen molar-refractivity contribution in [2.75, 3.05) is 11.7 Å². The first-order valence-corrected chi connectivity index (χ1v) is 15.9. The second kappa shape index (κ2) is 12.1. The van der Waals surface area contributed by atoms with Gasteiger partial charge >= 0.3 is 6.18 Å². The van der Waals surface area contributed by atoms with E-state index in [2.05, 4.69) is 0 Å². The average molecular weight is 654 g/mol. The van der Waals surface area contributed by atoms with Crippen LogP contribution in [0, 0.1) is 0 Å². The molecular weight excluding hydrogens is 623 g/mol. The molecule has 0 aliphatic carbocycles. The summed E-state index contributed by atoms with van der Waals surface area (Å²) in [6.45, 7) is 4.18. The molecule has 45 heavy (non-hydrogen) atoms. The molecule has 0 spiro atoms. The van der Waals surface area contributed by atoms with Crippen LogP contribution in [0.4, 0.5) is 13.2 Å². The number of nitrogens with zero attached hydrogens (tertiary/aromatic N) is 3. The summed E-state index contributed by atoms with van der Waals surface area (Å²) in [5, 5.41) is 2.16. The van der Waals surface area contributed by atoms with E-state index in [1.165, 1.54) is 4.68 Å². The summed E-state index contributed by atoms with van der Waals surface area (Å²) >= 11 is 8.51. The Morgan fingerprint density at radius 2 is 1.69 bits per heavy atom. The molecule has 0 N–H and O–H groups in total. The molecule has 6 rings (SSSR count). The summed E-state index contributed by atoms with van der Waals surface area (Å²) in [5.74, 6) is -0.901. The summed E-state index contributed by atoms with van der Waals surface area (Å²) in [4.78, 5) is 29.8. The molecule has 6 nitrogen and oxygen atoms in total. The molecule has 3 aromatic carbocycles. The molecule has 2 aliphatic rings. The third-order valence-corrected chi connectivity index (χ3v) is 9.78. The molecular formula is C34H31ClF3N3O3S. The zero-order valence-corrected chi connectivity index (χ0v) is 26.4. The first kappa shape index (κ1) is 31.1. The predicted molar refractivity (Wildman–Crippen MR) is 170 cm³/mol. The number of hydrogen-bond acceptors (Lipinski definition) is 5. The minimum absolute atomic E-state index is 0.0513. The Morgan fingerprint density at radius 1 is 0.978 bits per heavy atom. The van der Waals surface area contributed by atoms with Crippen molar-refractivity contribution in [3.8, 4) is 5.75 Å². The van der Waals surface area contributed by atoms with E-state index in [4.69, 9.17) is 16.3 Å². The minimum atomic E-state index is -4.72. The van der Waals surface area contributed by atoms with Crippen LogP contribution in [0.5, 0.6) is 5.75 Å². The monoisotopic (exact) mass is 653 g/mol. The zero-order valence-electron chi connectivity index (χ0n) is 24.8. The van der Waals surface area contributed by atoms with Crippen molar-refractivity contribution >= 4 is 29.3 Å². The first-order chi connectivity index (χ1) is 21.5. The maximum absolute atomic E-state index is 14.3. The van der Waals surface area contributed by atoms with Crippen molar-refractivity contribution in [2.45, 2.75) is 62.2 Å². The normalized spacial score (nSPS) is 17.0. The summed E-state index contributed by atoms with van der Waals surface area (Å²) < 4.78 is 50.7. The van der Waals surface area contributed by atoms with Crippen LogP contribution < -0.4 is 15.2 Å². The number of hydrogen-bond donors (Lipinski definition) is 0. The van der Waals surface area contributed by atoms with Gasteiger partial charge in [0.1, 0.15) is 25.4 Å². The van der Waals surface area contributed by atoms with Crippen molar-refractivity contribution in [2.24, 2.45) is 0 Å². The topological polar surface area (TPSA) is 54.8 Å². The quantitative estimate of drug-likeness (QED) is 0.212. The summed E-state index contributed by atoms with van der Waals surface area (Å²) in [6.07, 6.45) is -3.15. The number of rotatable bonds is 6. The highest BCUT2D eigenvalue weighted by Gasteiger charge is 2.48. The lowest BCUT2D eigenvalue weighted by Crippen LogP contribution is -2.60. The molecule has 0 fully saturated rings. The van der Waals surface area contributed by atoms with Gasteiger partial charge in [0.2, 0.25) is 5.43 Å². The average Bonchev–Trinajstić information content (AvgIpc) is 3.18. The maximum atomic E-state index is 14.3. The number of carbonyl (C=O) groups is 1. The van der Waals surface area contributed by atoms with E-state index in [9.17, 15) is 22.8 Å². The van der Waals surface area contributed by atoms with E-state index in [0.717, 1.165) is 39.0 Å². The maximum Gasteiger partial charge on any atom is 0.408 e. The second-order valence-corrected chi connectivity index (χ2v) is 12.9.